The van der Waals surface area contributed by atoms with Gasteiger partial charge < -0.3 is 10.6 Å². The van der Waals surface area contributed by atoms with Gasteiger partial charge in [-0.05, 0) is 26.0 Å². The Hall–Kier alpha value is -1.33. The van der Waals surface area contributed by atoms with E-state index in [0.29, 0.717) is 0 Å². The third-order valence-electron chi connectivity index (χ3n) is 2.49. The lowest BCUT2D eigenvalue weighted by atomic mass is 10.3. The summed E-state index contributed by atoms with van der Waals surface area (Å²) in [5.41, 5.74) is 1.03. The fourth-order valence-corrected chi connectivity index (χ4v) is 2.62. The average molecular weight is 283 g/mol. The molecule has 0 aliphatic carbocycles. The number of thiophene rings is 1. The van der Waals surface area contributed by atoms with Crippen LogP contribution in [0.15, 0.2) is 18.5 Å². The van der Waals surface area contributed by atoms with Gasteiger partial charge in [0.25, 0.3) is 0 Å². The molecule has 96 valence electrons. The van der Waals surface area contributed by atoms with E-state index in [-0.39, 0.29) is 0 Å². The van der Waals surface area contributed by atoms with Crippen LogP contribution in [0.2, 0.25) is 4.34 Å². The van der Waals surface area contributed by atoms with Crippen LogP contribution in [0.25, 0.3) is 0 Å². The van der Waals surface area contributed by atoms with Crippen LogP contribution in [0.4, 0.5) is 11.6 Å². The summed E-state index contributed by atoms with van der Waals surface area (Å²) in [5.74, 6) is 1.73. The van der Waals surface area contributed by atoms with Crippen LogP contribution < -0.4 is 10.6 Å². The zero-order valence-corrected chi connectivity index (χ0v) is 11.9. The van der Waals surface area contributed by atoms with Gasteiger partial charge in [-0.3, -0.25) is 0 Å². The second kappa shape index (κ2) is 6.02. The first-order valence-electron chi connectivity index (χ1n) is 5.74. The van der Waals surface area contributed by atoms with Crippen molar-refractivity contribution in [1.29, 1.82) is 0 Å². The first kappa shape index (κ1) is 13.1. The molecule has 18 heavy (non-hydrogen) atoms. The van der Waals surface area contributed by atoms with Gasteiger partial charge in [0.15, 0.2) is 0 Å². The van der Waals surface area contributed by atoms with Gasteiger partial charge in [-0.15, -0.1) is 11.3 Å². The van der Waals surface area contributed by atoms with Gasteiger partial charge in [-0.2, -0.15) is 0 Å². The van der Waals surface area contributed by atoms with Crippen molar-refractivity contribution in [1.82, 2.24) is 9.97 Å². The van der Waals surface area contributed by atoms with Crippen LogP contribution in [-0.4, -0.2) is 16.5 Å². The molecule has 0 aromatic carbocycles. The first-order chi connectivity index (χ1) is 8.70. The summed E-state index contributed by atoms with van der Waals surface area (Å²) in [4.78, 5) is 9.64. The molecule has 2 heterocycles. The zero-order chi connectivity index (χ0) is 13.0. The molecule has 0 bridgehead atoms. The van der Waals surface area contributed by atoms with Gasteiger partial charge in [0.1, 0.15) is 18.0 Å². The summed E-state index contributed by atoms with van der Waals surface area (Å²) in [6, 6.07) is 3.92. The quantitative estimate of drug-likeness (QED) is 0.881. The molecule has 2 aromatic heterocycles. The van der Waals surface area contributed by atoms with Crippen molar-refractivity contribution >= 4 is 34.6 Å². The molecule has 2 aromatic rings. The van der Waals surface area contributed by atoms with E-state index < -0.39 is 0 Å². The second-order valence-corrected chi connectivity index (χ2v) is 5.59. The van der Waals surface area contributed by atoms with Crippen molar-refractivity contribution in [2.45, 2.75) is 20.4 Å². The van der Waals surface area contributed by atoms with E-state index in [0.717, 1.165) is 34.6 Å². The number of aromatic nitrogens is 2. The second-order valence-electron chi connectivity index (χ2n) is 3.79. The molecule has 4 nitrogen and oxygen atoms in total. The van der Waals surface area contributed by atoms with E-state index in [1.807, 2.05) is 26.0 Å². The van der Waals surface area contributed by atoms with E-state index >= 15 is 0 Å². The number of hydrogen-bond donors (Lipinski definition) is 2. The van der Waals surface area contributed by atoms with Crippen molar-refractivity contribution in [2.75, 3.05) is 17.2 Å². The maximum atomic E-state index is 5.90. The lowest BCUT2D eigenvalue weighted by Gasteiger charge is -2.11. The summed E-state index contributed by atoms with van der Waals surface area (Å²) < 4.78 is 0.805. The Labute approximate surface area is 115 Å². The van der Waals surface area contributed by atoms with Gasteiger partial charge >= 0.3 is 0 Å². The molecule has 2 rings (SSSR count). The molecule has 0 fully saturated rings. The van der Waals surface area contributed by atoms with E-state index in [2.05, 4.69) is 20.6 Å². The lowest BCUT2D eigenvalue weighted by molar-refractivity contribution is 1.05. The fourth-order valence-electron chi connectivity index (χ4n) is 1.59. The minimum absolute atomic E-state index is 0.723. The monoisotopic (exact) mass is 282 g/mol. The van der Waals surface area contributed by atoms with E-state index in [4.69, 9.17) is 11.6 Å². The highest BCUT2D eigenvalue weighted by Gasteiger charge is 2.06. The maximum Gasteiger partial charge on any atom is 0.134 e. The molecule has 0 atom stereocenters. The van der Waals surface area contributed by atoms with Gasteiger partial charge in [-0.1, -0.05) is 11.6 Å². The highest BCUT2D eigenvalue weighted by Crippen LogP contribution is 2.23. The summed E-state index contributed by atoms with van der Waals surface area (Å²) in [6.07, 6.45) is 1.56. The molecule has 0 spiro atoms. The molecule has 0 saturated carbocycles. The first-order valence-corrected chi connectivity index (χ1v) is 6.93. The van der Waals surface area contributed by atoms with Crippen molar-refractivity contribution in [3.63, 3.8) is 0 Å². The number of anilines is 2. The Balaban J connectivity index is 2.07. The summed E-state index contributed by atoms with van der Waals surface area (Å²) >= 11 is 7.47. The van der Waals surface area contributed by atoms with Crippen LogP contribution >= 0.6 is 22.9 Å². The number of nitrogens with one attached hydrogen (secondary N) is 2. The lowest BCUT2D eigenvalue weighted by Crippen LogP contribution is -2.07. The summed E-state index contributed by atoms with van der Waals surface area (Å²) in [6.45, 7) is 5.61. The molecule has 2 N–H and O–H groups in total. The Morgan fingerprint density at radius 2 is 1.94 bits per heavy atom. The number of hydrogen-bond acceptors (Lipinski definition) is 5. The fraction of sp³-hybridized carbons (Fsp3) is 0.333. The molecule has 0 aliphatic heterocycles. The van der Waals surface area contributed by atoms with Crippen molar-refractivity contribution in [2.24, 2.45) is 0 Å². The SMILES string of the molecule is CCNc1ncnc(NCc2ccc(Cl)s2)c1C. The van der Waals surface area contributed by atoms with E-state index in [9.17, 15) is 0 Å². The zero-order valence-electron chi connectivity index (χ0n) is 10.3. The normalized spacial score (nSPS) is 10.4. The highest BCUT2D eigenvalue weighted by atomic mass is 35.5. The summed E-state index contributed by atoms with van der Waals surface area (Å²) in [7, 11) is 0. The minimum Gasteiger partial charge on any atom is -0.370 e. The van der Waals surface area contributed by atoms with Crippen molar-refractivity contribution in [3.05, 3.63) is 33.2 Å². The molecule has 0 saturated heterocycles. The van der Waals surface area contributed by atoms with Crippen LogP contribution in [0, 0.1) is 6.92 Å². The number of nitrogens with zero attached hydrogens (tertiary/aromatic N) is 2. The summed E-state index contributed by atoms with van der Waals surface area (Å²) in [5, 5.41) is 6.51. The highest BCUT2D eigenvalue weighted by molar-refractivity contribution is 7.16. The van der Waals surface area contributed by atoms with Crippen molar-refractivity contribution < 1.29 is 0 Å². The smallest absolute Gasteiger partial charge is 0.134 e. The Morgan fingerprint density at radius 3 is 2.56 bits per heavy atom. The minimum atomic E-state index is 0.723. The number of rotatable bonds is 5. The Kier molecular flexibility index (Phi) is 4.38. The molecular formula is C12H15ClN4S. The third-order valence-corrected chi connectivity index (χ3v) is 3.72. The van der Waals surface area contributed by atoms with Crippen molar-refractivity contribution in [3.8, 4) is 0 Å². The molecule has 0 aliphatic rings. The standard InChI is InChI=1S/C12H15ClN4S/c1-3-14-11-8(2)12(17-7-16-11)15-6-9-4-5-10(13)18-9/h4-5,7H,3,6H2,1-2H3,(H2,14,15,16,17). The molecule has 0 unspecified atom stereocenters. The van der Waals surface area contributed by atoms with E-state index in [1.165, 1.54) is 4.88 Å². The van der Waals surface area contributed by atoms with Crippen LogP contribution in [0.3, 0.4) is 0 Å². The van der Waals surface area contributed by atoms with E-state index in [1.54, 1.807) is 17.7 Å². The van der Waals surface area contributed by atoms with Gasteiger partial charge in [0.05, 0.1) is 10.9 Å². The predicted octanol–water partition coefficient (Wildman–Crippen LogP) is 3.54. The topological polar surface area (TPSA) is 49.8 Å². The largest absolute Gasteiger partial charge is 0.370 e. The van der Waals surface area contributed by atoms with Gasteiger partial charge in [0.2, 0.25) is 0 Å². The third kappa shape index (κ3) is 3.11. The molecule has 0 amide bonds. The number of halogens is 1. The predicted molar refractivity (Wildman–Crippen MR) is 77.6 cm³/mol. The Bertz CT molecular complexity index is 527. The van der Waals surface area contributed by atoms with Crippen LogP contribution in [0.5, 0.6) is 0 Å². The molecule has 6 heteroatoms. The molecular weight excluding hydrogens is 268 g/mol. The average Bonchev–Trinajstić information content (AvgIpc) is 2.77. The van der Waals surface area contributed by atoms with Gasteiger partial charge in [-0.25, -0.2) is 9.97 Å². The van der Waals surface area contributed by atoms with Crippen LogP contribution in [0.1, 0.15) is 17.4 Å². The maximum absolute atomic E-state index is 5.90. The van der Waals surface area contributed by atoms with Crippen LogP contribution in [-0.2, 0) is 6.54 Å². The molecule has 0 radical (unpaired) electrons. The Morgan fingerprint density at radius 1 is 1.22 bits per heavy atom. The van der Waals surface area contributed by atoms with Gasteiger partial charge in [0, 0.05) is 17.0 Å².